The lowest BCUT2D eigenvalue weighted by Gasteiger charge is -2.08. The number of aromatic nitrogens is 5. The molecule has 0 unspecified atom stereocenters. The number of nitrogens with zero attached hydrogens (tertiary/aromatic N) is 3. The molecule has 0 fully saturated rings. The minimum Gasteiger partial charge on any atom is -0.352 e. The van der Waals surface area contributed by atoms with Crippen LogP contribution in [-0.4, -0.2) is 31.1 Å². The van der Waals surface area contributed by atoms with Gasteiger partial charge in [0.1, 0.15) is 5.69 Å². The predicted molar refractivity (Wildman–Crippen MR) is 157 cm³/mol. The van der Waals surface area contributed by atoms with Crippen LogP contribution in [-0.2, 0) is 0 Å². The second-order valence-electron chi connectivity index (χ2n) is 9.36. The number of H-pyrrole nitrogens is 2. The minimum absolute atomic E-state index is 0.174. The highest BCUT2D eigenvalue weighted by molar-refractivity contribution is 7.15. The van der Waals surface area contributed by atoms with E-state index in [9.17, 15) is 4.79 Å². The molecule has 8 heteroatoms. The summed E-state index contributed by atoms with van der Waals surface area (Å²) in [6, 6.07) is 23.6. The maximum absolute atomic E-state index is 12.6. The number of carbonyl (C=O) groups excluding carboxylic acids is 1. The first-order chi connectivity index (χ1) is 19.1. The topological polar surface area (TPSA) is 99.3 Å². The van der Waals surface area contributed by atoms with Crippen LogP contribution in [0.15, 0.2) is 97.6 Å². The zero-order chi connectivity index (χ0) is 26.3. The molecule has 0 spiro atoms. The third kappa shape index (κ3) is 4.26. The number of amides is 1. The molecule has 7 rings (SSSR count). The Bertz CT molecular complexity index is 1990. The van der Waals surface area contributed by atoms with Gasteiger partial charge < -0.3 is 10.3 Å². The van der Waals surface area contributed by atoms with E-state index in [0.717, 1.165) is 49.9 Å². The average Bonchev–Trinajstić information content (AvgIpc) is 3.71. The molecule has 0 aliphatic carbocycles. The Morgan fingerprint density at radius 3 is 2.54 bits per heavy atom. The first-order valence-electron chi connectivity index (χ1n) is 12.5. The summed E-state index contributed by atoms with van der Waals surface area (Å²) in [5.74, 6) is -0.174. The highest BCUT2D eigenvalue weighted by atomic mass is 32.1. The molecule has 188 valence electrons. The van der Waals surface area contributed by atoms with E-state index in [0.29, 0.717) is 11.3 Å². The second-order valence-corrected chi connectivity index (χ2v) is 10.6. The van der Waals surface area contributed by atoms with Gasteiger partial charge in [-0.15, -0.1) is 11.3 Å². The summed E-state index contributed by atoms with van der Waals surface area (Å²) in [6.07, 6.45) is 7.22. The van der Waals surface area contributed by atoms with E-state index in [4.69, 9.17) is 0 Å². The largest absolute Gasteiger partial charge is 0.352 e. The fourth-order valence-corrected chi connectivity index (χ4v) is 5.70. The molecule has 5 heterocycles. The van der Waals surface area contributed by atoms with Crippen molar-refractivity contribution in [1.29, 1.82) is 0 Å². The molecule has 5 aromatic heterocycles. The molecule has 7 nitrogen and oxygen atoms in total. The van der Waals surface area contributed by atoms with Crippen LogP contribution in [0, 0.1) is 6.92 Å². The van der Waals surface area contributed by atoms with Crippen LogP contribution in [0.5, 0.6) is 0 Å². The van der Waals surface area contributed by atoms with E-state index >= 15 is 0 Å². The number of hydrogen-bond acceptors (Lipinski definition) is 5. The Morgan fingerprint density at radius 1 is 0.821 bits per heavy atom. The van der Waals surface area contributed by atoms with E-state index in [-0.39, 0.29) is 5.91 Å². The normalized spacial score (nSPS) is 11.3. The summed E-state index contributed by atoms with van der Waals surface area (Å²) >= 11 is 1.76. The van der Waals surface area contributed by atoms with Gasteiger partial charge in [-0.25, -0.2) is 0 Å². The van der Waals surface area contributed by atoms with Crippen LogP contribution < -0.4 is 5.32 Å². The lowest BCUT2D eigenvalue weighted by molar-refractivity contribution is 0.102. The van der Waals surface area contributed by atoms with Crippen LogP contribution in [0.25, 0.3) is 54.8 Å². The van der Waals surface area contributed by atoms with Crippen LogP contribution in [0.3, 0.4) is 0 Å². The molecule has 0 atom stereocenters. The van der Waals surface area contributed by atoms with Gasteiger partial charge in [0.2, 0.25) is 0 Å². The van der Waals surface area contributed by atoms with Crippen molar-refractivity contribution in [1.82, 2.24) is 25.1 Å². The summed E-state index contributed by atoms with van der Waals surface area (Å²) in [4.78, 5) is 27.4. The number of anilines is 1. The molecule has 0 radical (unpaired) electrons. The number of thiophene rings is 1. The van der Waals surface area contributed by atoms with Crippen LogP contribution >= 0.6 is 11.3 Å². The standard InChI is InChI=1S/C31H22N6OS/c1-18-7-10-29(39-18)25-16-33-17-28-23(25)13-27(35-28)30-24-12-20(8-9-26(24)36-37-30)21-11-22(15-32-14-21)34-31(38)19-5-3-2-4-6-19/h2-17,35H,1H3,(H,34,38)(H,36,37). The zero-order valence-electron chi connectivity index (χ0n) is 20.9. The number of benzene rings is 2. The monoisotopic (exact) mass is 526 g/mol. The van der Waals surface area contributed by atoms with Gasteiger partial charge in [0.05, 0.1) is 34.8 Å². The van der Waals surface area contributed by atoms with E-state index in [1.165, 1.54) is 9.75 Å². The maximum Gasteiger partial charge on any atom is 0.255 e. The quantitative estimate of drug-likeness (QED) is 0.217. The molecule has 2 aromatic carbocycles. The Balaban J connectivity index is 1.25. The SMILES string of the molecule is Cc1ccc(-c2cncc3[nH]c(-c4n[nH]c5ccc(-c6cncc(NC(=O)c7ccccc7)c6)cc45)cc23)s1. The predicted octanol–water partition coefficient (Wildman–Crippen LogP) is 7.46. The summed E-state index contributed by atoms with van der Waals surface area (Å²) in [6.45, 7) is 2.11. The number of rotatable bonds is 5. The summed E-state index contributed by atoms with van der Waals surface area (Å²) in [7, 11) is 0. The van der Waals surface area contributed by atoms with Crippen molar-refractivity contribution in [2.45, 2.75) is 6.92 Å². The van der Waals surface area contributed by atoms with Gasteiger partial charge in [0.25, 0.3) is 5.91 Å². The van der Waals surface area contributed by atoms with Crippen LogP contribution in [0.1, 0.15) is 15.2 Å². The first-order valence-corrected chi connectivity index (χ1v) is 13.3. The number of aromatic amines is 2. The Morgan fingerprint density at radius 2 is 1.69 bits per heavy atom. The van der Waals surface area contributed by atoms with Gasteiger partial charge in [-0.2, -0.15) is 5.10 Å². The Kier molecular flexibility index (Phi) is 5.53. The zero-order valence-corrected chi connectivity index (χ0v) is 21.7. The fraction of sp³-hybridized carbons (Fsp3) is 0.0323. The molecular formula is C31H22N6OS. The number of hydrogen-bond donors (Lipinski definition) is 3. The van der Waals surface area contributed by atoms with Crippen LogP contribution in [0.4, 0.5) is 5.69 Å². The third-order valence-electron chi connectivity index (χ3n) is 6.73. The van der Waals surface area contributed by atoms with Crippen molar-refractivity contribution < 1.29 is 4.79 Å². The highest BCUT2D eigenvalue weighted by Gasteiger charge is 2.16. The molecule has 0 saturated heterocycles. The number of pyridine rings is 2. The smallest absolute Gasteiger partial charge is 0.255 e. The first kappa shape index (κ1) is 23.1. The lowest BCUT2D eigenvalue weighted by Crippen LogP contribution is -2.11. The Labute approximate surface area is 227 Å². The van der Waals surface area contributed by atoms with Gasteiger partial charge in [-0.3, -0.25) is 19.9 Å². The number of aryl methyl sites for hydroxylation is 1. The van der Waals surface area contributed by atoms with Gasteiger partial charge in [-0.05, 0) is 61.0 Å². The summed E-state index contributed by atoms with van der Waals surface area (Å²) in [5.41, 5.74) is 7.84. The van der Waals surface area contributed by atoms with E-state index in [1.807, 2.05) is 48.8 Å². The molecule has 7 aromatic rings. The van der Waals surface area contributed by atoms with E-state index < -0.39 is 0 Å². The number of fused-ring (bicyclic) bond motifs is 2. The maximum atomic E-state index is 12.6. The highest BCUT2D eigenvalue weighted by Crippen LogP contribution is 2.37. The molecule has 0 aliphatic heterocycles. The summed E-state index contributed by atoms with van der Waals surface area (Å²) in [5, 5.41) is 12.8. The van der Waals surface area contributed by atoms with Gasteiger partial charge in [0.15, 0.2) is 0 Å². The second kappa shape index (κ2) is 9.34. The molecule has 0 aliphatic rings. The van der Waals surface area contributed by atoms with Crippen molar-refractivity contribution in [3.63, 3.8) is 0 Å². The molecule has 0 bridgehead atoms. The minimum atomic E-state index is -0.174. The van der Waals surface area contributed by atoms with Crippen molar-refractivity contribution >= 4 is 44.7 Å². The van der Waals surface area contributed by atoms with Crippen molar-refractivity contribution in [2.24, 2.45) is 0 Å². The van der Waals surface area contributed by atoms with Crippen molar-refractivity contribution in [3.8, 4) is 33.0 Å². The number of carbonyl (C=O) groups is 1. The lowest BCUT2D eigenvalue weighted by atomic mass is 10.0. The summed E-state index contributed by atoms with van der Waals surface area (Å²) < 4.78 is 0. The molecule has 1 amide bonds. The van der Waals surface area contributed by atoms with E-state index in [2.05, 4.69) is 61.7 Å². The van der Waals surface area contributed by atoms with Crippen molar-refractivity contribution in [3.05, 3.63) is 108 Å². The van der Waals surface area contributed by atoms with Crippen molar-refractivity contribution in [2.75, 3.05) is 5.32 Å². The third-order valence-corrected chi connectivity index (χ3v) is 7.77. The molecule has 3 N–H and O–H groups in total. The molecule has 39 heavy (non-hydrogen) atoms. The van der Waals surface area contributed by atoms with Gasteiger partial charge >= 0.3 is 0 Å². The van der Waals surface area contributed by atoms with E-state index in [1.54, 1.807) is 35.9 Å². The average molecular weight is 527 g/mol. The van der Waals surface area contributed by atoms with Gasteiger partial charge in [-0.1, -0.05) is 24.3 Å². The number of nitrogens with one attached hydrogen (secondary N) is 3. The molecule has 0 saturated carbocycles. The fourth-order valence-electron chi connectivity index (χ4n) is 4.81. The van der Waals surface area contributed by atoms with Crippen LogP contribution in [0.2, 0.25) is 0 Å². The molecular weight excluding hydrogens is 504 g/mol. The Hall–Kier alpha value is -5.08. The van der Waals surface area contributed by atoms with Gasteiger partial charge in [0, 0.05) is 49.6 Å².